The van der Waals surface area contributed by atoms with Crippen molar-refractivity contribution in [2.75, 3.05) is 65.9 Å². The number of ether oxygens (including phenoxy) is 4. The van der Waals surface area contributed by atoms with Crippen LogP contribution in [0, 0.1) is 0 Å². The lowest BCUT2D eigenvalue weighted by Gasteiger charge is -2.12. The predicted octanol–water partition coefficient (Wildman–Crippen LogP) is 0.253. The van der Waals surface area contributed by atoms with E-state index in [1.165, 1.54) is 0 Å². The summed E-state index contributed by atoms with van der Waals surface area (Å²) in [6.07, 6.45) is 6.19. The summed E-state index contributed by atoms with van der Waals surface area (Å²) in [6.45, 7) is 3.92. The number of carbonyl (C=O) groups is 5. The van der Waals surface area contributed by atoms with Gasteiger partial charge in [0.25, 0.3) is 11.8 Å². The molecular weight excluding hydrogens is 490 g/mol. The van der Waals surface area contributed by atoms with Crippen LogP contribution in [-0.2, 0) is 47.8 Å². The fraction of sp³-hybridized carbons (Fsp3) is 0.792. The van der Waals surface area contributed by atoms with E-state index in [4.69, 9.17) is 23.8 Å². The molecule has 0 unspecified atom stereocenters. The highest BCUT2D eigenvalue weighted by Gasteiger charge is 2.32. The van der Waals surface area contributed by atoms with E-state index in [0.717, 1.165) is 32.1 Å². The Morgan fingerprint density at radius 2 is 1.24 bits per heavy atom. The fourth-order valence-electron chi connectivity index (χ4n) is 3.18. The average molecular weight is 532 g/mol. The smallest absolute Gasteiger partial charge is 0.335 e. The van der Waals surface area contributed by atoms with Crippen molar-refractivity contribution in [2.45, 2.75) is 57.8 Å². The summed E-state index contributed by atoms with van der Waals surface area (Å²) in [5.74, 6) is -1.70. The van der Waals surface area contributed by atoms with E-state index >= 15 is 0 Å². The molecule has 0 radical (unpaired) electrons. The predicted molar refractivity (Wildman–Crippen MR) is 130 cm³/mol. The van der Waals surface area contributed by atoms with E-state index in [0.29, 0.717) is 70.6 Å². The van der Waals surface area contributed by atoms with Gasteiger partial charge in [0.1, 0.15) is 0 Å². The topological polar surface area (TPSA) is 159 Å². The van der Waals surface area contributed by atoms with E-state index in [1.54, 1.807) is 0 Å². The maximum atomic E-state index is 11.7. The molecule has 1 fully saturated rings. The van der Waals surface area contributed by atoms with Crippen LogP contribution in [0.1, 0.15) is 57.8 Å². The molecule has 212 valence electrons. The molecule has 37 heavy (non-hydrogen) atoms. The lowest BCUT2D eigenvalue weighted by molar-refractivity contribution is -0.198. The lowest BCUT2D eigenvalue weighted by Crippen LogP contribution is -2.32. The zero-order valence-corrected chi connectivity index (χ0v) is 21.5. The van der Waals surface area contributed by atoms with Crippen molar-refractivity contribution in [2.24, 2.45) is 0 Å². The molecule has 1 aliphatic rings. The van der Waals surface area contributed by atoms with Gasteiger partial charge in [0.05, 0.1) is 59.3 Å². The molecule has 1 saturated heterocycles. The van der Waals surface area contributed by atoms with Crippen molar-refractivity contribution in [1.82, 2.24) is 15.7 Å². The quantitative estimate of drug-likeness (QED) is 0.0950. The number of amides is 4. The molecule has 0 aromatic carbocycles. The number of hydrogen-bond acceptors (Lipinski definition) is 10. The summed E-state index contributed by atoms with van der Waals surface area (Å²) in [6, 6.07) is 0. The molecule has 13 heteroatoms. The van der Waals surface area contributed by atoms with Crippen LogP contribution in [-0.4, -0.2) is 101 Å². The Morgan fingerprint density at radius 1 is 0.703 bits per heavy atom. The molecule has 2 N–H and O–H groups in total. The standard InChI is InChI=1S/C24H41N3O10/c28-20-25-10-5-3-1-2-4-6-21(29)26-11-13-34-15-17-36-19-18-35-16-14-33-12-9-24(32)37-27-22(30)7-8-23(27)31/h20H,1-19H2,(H,25,28)(H,26,29). The van der Waals surface area contributed by atoms with Crippen LogP contribution in [0.5, 0.6) is 0 Å². The van der Waals surface area contributed by atoms with Crippen LogP contribution in [0.25, 0.3) is 0 Å². The molecule has 0 saturated carbocycles. The van der Waals surface area contributed by atoms with E-state index in [2.05, 4.69) is 10.6 Å². The van der Waals surface area contributed by atoms with Crippen LogP contribution < -0.4 is 10.6 Å². The third-order valence-electron chi connectivity index (χ3n) is 5.14. The summed E-state index contributed by atoms with van der Waals surface area (Å²) in [4.78, 5) is 60.9. The van der Waals surface area contributed by atoms with E-state index in [-0.39, 0.29) is 38.4 Å². The molecular formula is C24H41N3O10. The van der Waals surface area contributed by atoms with Gasteiger partial charge in [-0.3, -0.25) is 19.2 Å². The summed E-state index contributed by atoms with van der Waals surface area (Å²) < 4.78 is 21.4. The number of hydroxylamine groups is 2. The second-order valence-electron chi connectivity index (χ2n) is 8.18. The zero-order valence-electron chi connectivity index (χ0n) is 21.5. The Bertz CT molecular complexity index is 661. The van der Waals surface area contributed by atoms with Crippen molar-refractivity contribution in [3.63, 3.8) is 0 Å². The van der Waals surface area contributed by atoms with Gasteiger partial charge < -0.3 is 34.4 Å². The largest absolute Gasteiger partial charge is 0.378 e. The number of nitrogens with one attached hydrogen (secondary N) is 2. The highest BCUT2D eigenvalue weighted by Crippen LogP contribution is 2.12. The van der Waals surface area contributed by atoms with Crippen LogP contribution in [0.4, 0.5) is 0 Å². The third-order valence-corrected chi connectivity index (χ3v) is 5.14. The van der Waals surface area contributed by atoms with Crippen molar-refractivity contribution in [1.29, 1.82) is 0 Å². The molecule has 0 bridgehead atoms. The van der Waals surface area contributed by atoms with E-state index < -0.39 is 17.8 Å². The van der Waals surface area contributed by atoms with Crippen molar-refractivity contribution in [3.8, 4) is 0 Å². The summed E-state index contributed by atoms with van der Waals surface area (Å²) in [5.41, 5.74) is 0. The summed E-state index contributed by atoms with van der Waals surface area (Å²) in [7, 11) is 0. The molecule has 0 atom stereocenters. The molecule has 0 aromatic rings. The normalized spacial score (nSPS) is 13.1. The molecule has 1 rings (SSSR count). The second kappa shape index (κ2) is 22.6. The van der Waals surface area contributed by atoms with Gasteiger partial charge in [-0.15, -0.1) is 5.06 Å². The monoisotopic (exact) mass is 531 g/mol. The van der Waals surface area contributed by atoms with Crippen molar-refractivity contribution < 1.29 is 47.8 Å². The first-order valence-electron chi connectivity index (χ1n) is 12.9. The first-order chi connectivity index (χ1) is 18.0. The van der Waals surface area contributed by atoms with Gasteiger partial charge in [-0.25, -0.2) is 4.79 Å². The average Bonchev–Trinajstić information content (AvgIpc) is 3.20. The zero-order chi connectivity index (χ0) is 27.0. The Balaban J connectivity index is 1.75. The molecule has 4 amide bonds. The van der Waals surface area contributed by atoms with E-state index in [1.807, 2.05) is 0 Å². The van der Waals surface area contributed by atoms with Gasteiger partial charge in [-0.2, -0.15) is 0 Å². The van der Waals surface area contributed by atoms with Gasteiger partial charge in [0, 0.05) is 32.4 Å². The molecule has 0 spiro atoms. The lowest BCUT2D eigenvalue weighted by atomic mass is 10.1. The molecule has 1 heterocycles. The Morgan fingerprint density at radius 3 is 1.86 bits per heavy atom. The maximum Gasteiger partial charge on any atom is 0.335 e. The highest BCUT2D eigenvalue weighted by atomic mass is 16.7. The minimum absolute atomic E-state index is 0.0265. The first-order valence-corrected chi connectivity index (χ1v) is 12.9. The summed E-state index contributed by atoms with van der Waals surface area (Å²) >= 11 is 0. The minimum Gasteiger partial charge on any atom is -0.378 e. The number of rotatable bonds is 25. The second-order valence-corrected chi connectivity index (χ2v) is 8.18. The van der Waals surface area contributed by atoms with Crippen LogP contribution in [0.15, 0.2) is 0 Å². The fourth-order valence-corrected chi connectivity index (χ4v) is 3.18. The van der Waals surface area contributed by atoms with Crippen LogP contribution >= 0.6 is 0 Å². The van der Waals surface area contributed by atoms with Crippen LogP contribution in [0.3, 0.4) is 0 Å². The van der Waals surface area contributed by atoms with Gasteiger partial charge in [0.15, 0.2) is 0 Å². The van der Waals surface area contributed by atoms with Crippen LogP contribution in [0.2, 0.25) is 0 Å². The number of hydrogen-bond donors (Lipinski definition) is 2. The highest BCUT2D eigenvalue weighted by molar-refractivity contribution is 6.01. The first kappa shape index (κ1) is 32.4. The maximum absolute atomic E-state index is 11.7. The van der Waals surface area contributed by atoms with Gasteiger partial charge in [-0.1, -0.05) is 19.3 Å². The van der Waals surface area contributed by atoms with Gasteiger partial charge in [-0.05, 0) is 12.8 Å². The minimum atomic E-state index is -0.702. The van der Waals surface area contributed by atoms with Gasteiger partial charge in [0.2, 0.25) is 12.3 Å². The summed E-state index contributed by atoms with van der Waals surface area (Å²) in [5, 5.41) is 5.97. The number of unbranched alkanes of at least 4 members (excludes halogenated alkanes) is 4. The number of imide groups is 1. The third kappa shape index (κ3) is 18.3. The molecule has 0 aliphatic carbocycles. The van der Waals surface area contributed by atoms with Gasteiger partial charge >= 0.3 is 5.97 Å². The number of nitrogens with zero attached hydrogens (tertiary/aromatic N) is 1. The molecule has 1 aliphatic heterocycles. The number of carbonyl (C=O) groups excluding carboxylic acids is 5. The molecule has 0 aromatic heterocycles. The van der Waals surface area contributed by atoms with Crippen molar-refractivity contribution >= 4 is 30.1 Å². The SMILES string of the molecule is O=CNCCCCCCCC(=O)NCCOCCOCCOCCOCCC(=O)ON1C(=O)CCC1=O. The Hall–Kier alpha value is -2.61. The van der Waals surface area contributed by atoms with Crippen molar-refractivity contribution in [3.05, 3.63) is 0 Å². The Kier molecular flexibility index (Phi) is 19.8. The Labute approximate surface area is 217 Å². The van der Waals surface area contributed by atoms with E-state index in [9.17, 15) is 24.0 Å². The molecule has 13 nitrogen and oxygen atoms in total.